The fourth-order valence-corrected chi connectivity index (χ4v) is 4.91. The third kappa shape index (κ3) is 8.61. The molecule has 0 aliphatic carbocycles. The Bertz CT molecular complexity index is 2140. The number of carboxylic acid groups (broad SMARTS) is 1. The Morgan fingerprint density at radius 1 is 1.06 bits per heavy atom. The van der Waals surface area contributed by atoms with Gasteiger partial charge in [0.25, 0.3) is 11.5 Å². The predicted molar refractivity (Wildman–Crippen MR) is 181 cm³/mol. The number of pyridine rings is 1. The summed E-state index contributed by atoms with van der Waals surface area (Å²) in [5, 5.41) is 12.9. The maximum absolute atomic E-state index is 15.2. The van der Waals surface area contributed by atoms with E-state index in [1.54, 1.807) is 75.6 Å². The maximum Gasteiger partial charge on any atom is 0.466 e. The summed E-state index contributed by atoms with van der Waals surface area (Å²) in [4.78, 5) is 64.9. The number of carbonyl (C=O) groups excluding carboxylic acids is 1. The minimum atomic E-state index is -4.64. The molecule has 0 saturated heterocycles. The largest absolute Gasteiger partial charge is 0.497 e. The topological polar surface area (TPSA) is 228 Å². The zero-order valence-electron chi connectivity index (χ0n) is 27.3. The quantitative estimate of drug-likeness (QED) is 0.112. The average molecular weight is 712 g/mol. The van der Waals surface area contributed by atoms with Crippen molar-refractivity contribution in [2.45, 2.75) is 32.9 Å². The number of benzene rings is 3. The van der Waals surface area contributed by atoms with Crippen molar-refractivity contribution in [1.82, 2.24) is 14.3 Å². The van der Waals surface area contributed by atoms with Gasteiger partial charge in [-0.2, -0.15) is 0 Å². The number of nitrogens with one attached hydrogen (secondary N) is 1. The molecule has 0 aliphatic rings. The van der Waals surface area contributed by atoms with Crippen LogP contribution in [0.5, 0.6) is 17.2 Å². The molecular formula is C33H35FN5O10P. The molecule has 0 bridgehead atoms. The number of aliphatic carboxylic acids is 1. The van der Waals surface area contributed by atoms with Gasteiger partial charge in [0.1, 0.15) is 22.6 Å². The van der Waals surface area contributed by atoms with E-state index in [9.17, 15) is 19.5 Å². The van der Waals surface area contributed by atoms with E-state index in [1.165, 1.54) is 34.6 Å². The van der Waals surface area contributed by atoms with Crippen molar-refractivity contribution in [3.8, 4) is 22.9 Å². The Labute approximate surface area is 284 Å². The van der Waals surface area contributed by atoms with Gasteiger partial charge >= 0.3 is 13.8 Å². The van der Waals surface area contributed by atoms with Crippen molar-refractivity contribution in [2.24, 2.45) is 11.7 Å². The first kappa shape index (κ1) is 37.4. The minimum absolute atomic E-state index is 0.0275. The Morgan fingerprint density at radius 2 is 1.72 bits per heavy atom. The molecule has 0 aliphatic heterocycles. The van der Waals surface area contributed by atoms with E-state index in [4.69, 9.17) is 34.5 Å². The summed E-state index contributed by atoms with van der Waals surface area (Å²) in [6.07, 6.45) is 1.54. The lowest BCUT2D eigenvalue weighted by molar-refractivity contribution is -0.144. The van der Waals surface area contributed by atoms with Gasteiger partial charge in [-0.15, -0.1) is 0 Å². The monoisotopic (exact) mass is 711 g/mol. The first-order chi connectivity index (χ1) is 23.4. The van der Waals surface area contributed by atoms with Crippen LogP contribution in [0.3, 0.4) is 0 Å². The van der Waals surface area contributed by atoms with E-state index in [-0.39, 0.29) is 29.2 Å². The number of nitrogens with zero attached hydrogens (tertiary/aromatic N) is 3. The molecule has 264 valence electrons. The van der Waals surface area contributed by atoms with Gasteiger partial charge in [0.05, 0.1) is 24.0 Å². The molecule has 2 heterocycles. The molecular weight excluding hydrogens is 676 g/mol. The number of rotatable bonds is 10. The number of hydrogen-bond acceptors (Lipinski definition) is 8. The number of carbonyl (C=O) groups is 2. The number of phosphoric acid groups is 1. The highest BCUT2D eigenvalue weighted by Crippen LogP contribution is 2.33. The van der Waals surface area contributed by atoms with Gasteiger partial charge in [-0.25, -0.2) is 13.6 Å². The fraction of sp³-hybridized carbons (Fsp3) is 0.212. The molecule has 3 aromatic carbocycles. The number of hydrogen-bond donors (Lipinski definition) is 6. The van der Waals surface area contributed by atoms with Gasteiger partial charge in [0.2, 0.25) is 0 Å². The van der Waals surface area contributed by atoms with Crippen LogP contribution < -0.4 is 26.1 Å². The van der Waals surface area contributed by atoms with Crippen LogP contribution in [0.2, 0.25) is 0 Å². The number of fused-ring (bicyclic) bond motifs is 1. The number of methoxy groups -OCH3 is 1. The molecule has 15 nitrogen and oxygen atoms in total. The van der Waals surface area contributed by atoms with Crippen molar-refractivity contribution in [3.05, 3.63) is 106 Å². The molecule has 17 heteroatoms. The van der Waals surface area contributed by atoms with Crippen LogP contribution in [0, 0.1) is 18.7 Å². The lowest BCUT2D eigenvalue weighted by Gasteiger charge is -2.28. The van der Waals surface area contributed by atoms with E-state index >= 15 is 4.39 Å². The summed E-state index contributed by atoms with van der Waals surface area (Å²) in [5.41, 5.74) is 5.13. The molecule has 0 fully saturated rings. The summed E-state index contributed by atoms with van der Waals surface area (Å²) >= 11 is 0. The Balaban J connectivity index is 0.00000105. The Hall–Kier alpha value is -5.38. The van der Waals surface area contributed by atoms with Gasteiger partial charge in [-0.1, -0.05) is 25.1 Å². The fourth-order valence-electron chi connectivity index (χ4n) is 4.91. The number of amides is 1. The number of halogens is 1. The highest BCUT2D eigenvalue weighted by Gasteiger charge is 2.36. The molecule has 2 aromatic heterocycles. The van der Waals surface area contributed by atoms with E-state index in [0.717, 1.165) is 6.07 Å². The lowest BCUT2D eigenvalue weighted by atomic mass is 9.88. The van der Waals surface area contributed by atoms with E-state index in [0.29, 0.717) is 28.1 Å². The van der Waals surface area contributed by atoms with Crippen LogP contribution in [0.1, 0.15) is 29.9 Å². The minimum Gasteiger partial charge on any atom is -0.497 e. The van der Waals surface area contributed by atoms with Crippen molar-refractivity contribution in [3.63, 3.8) is 0 Å². The highest BCUT2D eigenvalue weighted by molar-refractivity contribution is 7.45. The number of nitrogens with two attached hydrogens (primary N) is 1. The SMILES string of the molecule is COc1ccc2c(Oc3ccc(NC(=O)c4c(C)n(C[C@@H](C)[C@](C)(N)C(=O)O)n(-c5ccccc5)c4=O)cc3F)ccnc2c1.O=P(O)(O)O. The standard InChI is InChI=1S/C33H32FN5O6.H3O4P/c1-19(33(3,35)32(42)43)18-38-20(2)29(31(41)39(38)22-8-6-5-7-9-22)30(40)37-21-10-13-28(25(34)16-21)45-27-14-15-36-26-17-23(44-4)11-12-24(26)27;1-5(2,3)4/h5-17,19H,18,35H2,1-4H3,(H,37,40)(H,42,43);(H3,1,2,3,4)/t19-,33+;/m1./s1. The van der Waals surface area contributed by atoms with Crippen LogP contribution in [0.15, 0.2) is 83.8 Å². The van der Waals surface area contributed by atoms with Gasteiger partial charge < -0.3 is 40.3 Å². The number of ether oxygens (including phenoxy) is 2. The second kappa shape index (κ2) is 15.0. The normalized spacial score (nSPS) is 13.1. The Kier molecular flexibility index (Phi) is 11.2. The second-order valence-electron chi connectivity index (χ2n) is 11.4. The van der Waals surface area contributed by atoms with Crippen LogP contribution in [-0.4, -0.2) is 58.7 Å². The van der Waals surface area contributed by atoms with Crippen molar-refractivity contribution >= 4 is 36.3 Å². The van der Waals surface area contributed by atoms with Crippen LogP contribution in [0.4, 0.5) is 10.1 Å². The highest BCUT2D eigenvalue weighted by atomic mass is 31.2. The molecule has 0 saturated carbocycles. The Morgan fingerprint density at radius 3 is 2.32 bits per heavy atom. The zero-order chi connectivity index (χ0) is 37.0. The predicted octanol–water partition coefficient (Wildman–Crippen LogP) is 4.20. The molecule has 0 spiro atoms. The van der Waals surface area contributed by atoms with Gasteiger partial charge in [-0.3, -0.25) is 24.0 Å². The first-order valence-electron chi connectivity index (χ1n) is 14.8. The van der Waals surface area contributed by atoms with Crippen molar-refractivity contribution < 1.29 is 47.8 Å². The molecule has 5 aromatic rings. The van der Waals surface area contributed by atoms with Crippen molar-refractivity contribution in [1.29, 1.82) is 0 Å². The lowest BCUT2D eigenvalue weighted by Crippen LogP contribution is -2.52. The van der Waals surface area contributed by atoms with Gasteiger partial charge in [0.15, 0.2) is 11.6 Å². The summed E-state index contributed by atoms with van der Waals surface area (Å²) in [5.74, 6) is -2.42. The van der Waals surface area contributed by atoms with E-state index in [1.807, 2.05) is 0 Å². The summed E-state index contributed by atoms with van der Waals surface area (Å²) in [6.45, 7) is 4.67. The zero-order valence-corrected chi connectivity index (χ0v) is 28.2. The summed E-state index contributed by atoms with van der Waals surface area (Å²) < 4.78 is 38.1. The van der Waals surface area contributed by atoms with Crippen LogP contribution in [0.25, 0.3) is 16.6 Å². The third-order valence-electron chi connectivity index (χ3n) is 7.88. The molecule has 50 heavy (non-hydrogen) atoms. The number of carboxylic acids is 1. The molecule has 0 unspecified atom stereocenters. The smallest absolute Gasteiger partial charge is 0.466 e. The second-order valence-corrected chi connectivity index (χ2v) is 12.4. The maximum atomic E-state index is 15.2. The van der Waals surface area contributed by atoms with Gasteiger partial charge in [-0.05, 0) is 56.3 Å². The van der Waals surface area contributed by atoms with Gasteiger partial charge in [0, 0.05) is 41.9 Å². The average Bonchev–Trinajstić information content (AvgIpc) is 3.29. The number of para-hydroxylation sites is 1. The van der Waals surface area contributed by atoms with Crippen LogP contribution in [-0.2, 0) is 15.9 Å². The summed E-state index contributed by atoms with van der Waals surface area (Å²) in [7, 11) is -3.09. The molecule has 7 N–H and O–H groups in total. The molecule has 0 radical (unpaired) electrons. The van der Waals surface area contributed by atoms with E-state index in [2.05, 4.69) is 10.3 Å². The van der Waals surface area contributed by atoms with Crippen LogP contribution >= 0.6 is 7.82 Å². The number of anilines is 1. The van der Waals surface area contributed by atoms with Crippen molar-refractivity contribution in [2.75, 3.05) is 12.4 Å². The first-order valence-corrected chi connectivity index (χ1v) is 16.4. The number of aromatic nitrogens is 3. The molecule has 1 amide bonds. The van der Waals surface area contributed by atoms with E-state index < -0.39 is 42.5 Å². The third-order valence-corrected chi connectivity index (χ3v) is 7.88. The molecule has 5 rings (SSSR count). The molecule has 2 atom stereocenters. The summed E-state index contributed by atoms with van der Waals surface area (Å²) in [6, 6.07) is 19.4.